The van der Waals surface area contributed by atoms with Gasteiger partial charge in [-0.15, -0.1) is 22.7 Å². The van der Waals surface area contributed by atoms with Crippen molar-refractivity contribution in [2.45, 2.75) is 0 Å². The quantitative estimate of drug-likeness (QED) is 0.0729. The first kappa shape index (κ1) is 35.1. The number of hydrogen-bond acceptors (Lipinski definition) is 6. The standard InChI is InChI=1S/C38H12F10N2O2S2/c39-25-23(26(40)30(44)33(47)29(25)43)35(51)13-1-5-15(6-2-13)37-49-19-9-17-12-22-20(10-18(17)11-21(19)53-37)50-38(54-22)16-7-3-14(4-8-16)36(52)24-27(41)31(45)34(48)32(46)28(24)42/h1-12H. The molecule has 8 aromatic rings. The lowest BCUT2D eigenvalue weighted by Crippen LogP contribution is -2.13. The van der Waals surface area contributed by atoms with Gasteiger partial charge in [-0.2, -0.15) is 0 Å². The van der Waals surface area contributed by atoms with Crippen LogP contribution in [0.25, 0.3) is 52.3 Å². The van der Waals surface area contributed by atoms with E-state index in [1.807, 2.05) is 24.3 Å². The van der Waals surface area contributed by atoms with Gasteiger partial charge in [0, 0.05) is 22.3 Å². The van der Waals surface area contributed by atoms with E-state index >= 15 is 0 Å². The van der Waals surface area contributed by atoms with Crippen molar-refractivity contribution in [3.8, 4) is 21.1 Å². The second kappa shape index (κ2) is 12.8. The Kier molecular flexibility index (Phi) is 8.34. The van der Waals surface area contributed by atoms with Gasteiger partial charge in [0.1, 0.15) is 21.1 Å². The van der Waals surface area contributed by atoms with Crippen LogP contribution in [-0.4, -0.2) is 21.5 Å². The van der Waals surface area contributed by atoms with Crippen molar-refractivity contribution in [3.05, 3.63) is 153 Å². The Bertz CT molecular complexity index is 2600. The fourth-order valence-corrected chi connectivity index (χ4v) is 7.77. The van der Waals surface area contributed by atoms with E-state index in [4.69, 9.17) is 0 Å². The summed E-state index contributed by atoms with van der Waals surface area (Å²) in [5.74, 6) is -25.3. The van der Waals surface area contributed by atoms with E-state index in [-0.39, 0.29) is 11.1 Å². The monoisotopic (exact) mass is 782 g/mol. The smallest absolute Gasteiger partial charge is 0.200 e. The first-order chi connectivity index (χ1) is 25.7. The fraction of sp³-hybridized carbons (Fsp3) is 0. The van der Waals surface area contributed by atoms with Crippen LogP contribution in [0.2, 0.25) is 0 Å². The molecule has 0 aliphatic rings. The van der Waals surface area contributed by atoms with Gasteiger partial charge in [0.05, 0.1) is 20.4 Å². The molecule has 0 amide bonds. The molecule has 268 valence electrons. The van der Waals surface area contributed by atoms with Gasteiger partial charge in [0.15, 0.2) is 58.1 Å². The molecule has 8 rings (SSSR count). The average Bonchev–Trinajstić information content (AvgIpc) is 3.79. The summed E-state index contributed by atoms with van der Waals surface area (Å²) in [6, 6.07) is 17.9. The van der Waals surface area contributed by atoms with Gasteiger partial charge in [-0.25, -0.2) is 53.9 Å². The molecule has 0 radical (unpaired) electrons. The Morgan fingerprint density at radius 1 is 0.407 bits per heavy atom. The molecule has 4 nitrogen and oxygen atoms in total. The van der Waals surface area contributed by atoms with Crippen LogP contribution in [-0.2, 0) is 0 Å². The number of nitrogens with zero attached hydrogens (tertiary/aromatic N) is 2. The molecule has 0 fully saturated rings. The SMILES string of the molecule is O=C(c1ccc(-c2nc3cc4cc5sc(-c6ccc(C(=O)c7c(F)c(F)c(F)c(F)c7F)cc6)nc5cc4cc3s2)cc1)c1c(F)c(F)c(F)c(F)c1F. The normalized spacial score (nSPS) is 11.7. The van der Waals surface area contributed by atoms with Gasteiger partial charge in [-0.3, -0.25) is 9.59 Å². The Morgan fingerprint density at radius 2 is 0.704 bits per heavy atom. The van der Waals surface area contributed by atoms with Crippen LogP contribution in [0.3, 0.4) is 0 Å². The van der Waals surface area contributed by atoms with E-state index in [1.165, 1.54) is 71.2 Å². The molecule has 0 spiro atoms. The third-order valence-electron chi connectivity index (χ3n) is 8.51. The Morgan fingerprint density at radius 3 is 1.02 bits per heavy atom. The molecule has 0 N–H and O–H groups in total. The third-order valence-corrected chi connectivity index (χ3v) is 10.6. The molecule has 0 atom stereocenters. The summed E-state index contributed by atoms with van der Waals surface area (Å²) in [5, 5.41) is 2.63. The highest BCUT2D eigenvalue weighted by Crippen LogP contribution is 2.38. The van der Waals surface area contributed by atoms with Gasteiger partial charge in [-0.05, 0) is 35.0 Å². The van der Waals surface area contributed by atoms with Crippen LogP contribution in [0.4, 0.5) is 43.9 Å². The minimum absolute atomic E-state index is 0.311. The van der Waals surface area contributed by atoms with Crippen LogP contribution in [0.15, 0.2) is 72.8 Å². The molecule has 16 heteroatoms. The minimum Gasteiger partial charge on any atom is -0.288 e. The number of fused-ring (bicyclic) bond motifs is 3. The summed E-state index contributed by atoms with van der Waals surface area (Å²) in [6.07, 6.45) is 0. The van der Waals surface area contributed by atoms with E-state index < -0.39 is 80.9 Å². The lowest BCUT2D eigenvalue weighted by Gasteiger charge is -2.08. The molecule has 0 bridgehead atoms. The van der Waals surface area contributed by atoms with Crippen LogP contribution < -0.4 is 0 Å². The molecular formula is C38H12F10N2O2S2. The zero-order chi connectivity index (χ0) is 38.3. The minimum atomic E-state index is -2.37. The zero-order valence-electron chi connectivity index (χ0n) is 26.2. The molecular weight excluding hydrogens is 771 g/mol. The number of aromatic nitrogens is 2. The van der Waals surface area contributed by atoms with E-state index in [0.29, 0.717) is 32.2 Å². The summed E-state index contributed by atoms with van der Waals surface area (Å²) in [4.78, 5) is 34.8. The summed E-state index contributed by atoms with van der Waals surface area (Å²) in [6.45, 7) is 0. The third kappa shape index (κ3) is 5.51. The predicted octanol–water partition coefficient (Wildman–Crippen LogP) is 11.2. The number of ketones is 2. The summed E-state index contributed by atoms with van der Waals surface area (Å²) >= 11 is 2.58. The van der Waals surface area contributed by atoms with Gasteiger partial charge in [0.2, 0.25) is 11.6 Å². The highest BCUT2D eigenvalue weighted by atomic mass is 32.1. The van der Waals surface area contributed by atoms with Gasteiger partial charge in [0.25, 0.3) is 0 Å². The van der Waals surface area contributed by atoms with Crippen LogP contribution in [0.1, 0.15) is 31.8 Å². The van der Waals surface area contributed by atoms with E-state index in [0.717, 1.165) is 20.2 Å². The van der Waals surface area contributed by atoms with Crippen molar-refractivity contribution in [1.29, 1.82) is 0 Å². The number of rotatable bonds is 6. The predicted molar refractivity (Wildman–Crippen MR) is 181 cm³/mol. The van der Waals surface area contributed by atoms with Crippen LogP contribution >= 0.6 is 22.7 Å². The number of carbonyl (C=O) groups is 2. The highest BCUT2D eigenvalue weighted by Gasteiger charge is 2.31. The van der Waals surface area contributed by atoms with Crippen molar-refractivity contribution in [3.63, 3.8) is 0 Å². The van der Waals surface area contributed by atoms with Gasteiger partial charge in [-0.1, -0.05) is 48.5 Å². The molecule has 0 aliphatic heterocycles. The van der Waals surface area contributed by atoms with Crippen LogP contribution in [0, 0.1) is 58.2 Å². The largest absolute Gasteiger partial charge is 0.288 e. The molecule has 0 saturated carbocycles. The first-order valence-corrected chi connectivity index (χ1v) is 16.8. The molecule has 54 heavy (non-hydrogen) atoms. The number of carbonyl (C=O) groups excluding carboxylic acids is 2. The first-order valence-electron chi connectivity index (χ1n) is 15.2. The maximum Gasteiger partial charge on any atom is 0.200 e. The molecule has 0 saturated heterocycles. The molecule has 6 aromatic carbocycles. The average molecular weight is 783 g/mol. The number of thiazole rings is 2. The Labute approximate surface area is 302 Å². The highest BCUT2D eigenvalue weighted by molar-refractivity contribution is 7.22. The molecule has 2 heterocycles. The lowest BCUT2D eigenvalue weighted by atomic mass is 10.0. The summed E-state index contributed by atoms with van der Waals surface area (Å²) in [5.41, 5.74) is -1.49. The van der Waals surface area contributed by atoms with Crippen LogP contribution in [0.5, 0.6) is 0 Å². The Hall–Kier alpha value is -6.00. The fourth-order valence-electron chi connectivity index (χ4n) is 5.77. The second-order valence-electron chi connectivity index (χ2n) is 11.7. The van der Waals surface area contributed by atoms with E-state index in [1.54, 1.807) is 0 Å². The number of halogens is 10. The van der Waals surface area contributed by atoms with Crippen molar-refractivity contribution >= 4 is 65.4 Å². The molecule has 2 aromatic heterocycles. The topological polar surface area (TPSA) is 59.9 Å². The Balaban J connectivity index is 1.06. The van der Waals surface area contributed by atoms with E-state index in [9.17, 15) is 53.5 Å². The number of benzene rings is 6. The number of hydrogen-bond donors (Lipinski definition) is 0. The van der Waals surface area contributed by atoms with E-state index in [2.05, 4.69) is 9.97 Å². The molecule has 0 unspecified atom stereocenters. The van der Waals surface area contributed by atoms with Crippen molar-refractivity contribution in [2.75, 3.05) is 0 Å². The zero-order valence-corrected chi connectivity index (χ0v) is 27.9. The molecule has 0 aliphatic carbocycles. The summed E-state index contributed by atoms with van der Waals surface area (Å²) < 4.78 is 140. The summed E-state index contributed by atoms with van der Waals surface area (Å²) in [7, 11) is 0. The lowest BCUT2D eigenvalue weighted by molar-refractivity contribution is 0.101. The maximum absolute atomic E-state index is 14.2. The maximum atomic E-state index is 14.2. The van der Waals surface area contributed by atoms with Crippen molar-refractivity contribution in [1.82, 2.24) is 9.97 Å². The van der Waals surface area contributed by atoms with Gasteiger partial charge >= 0.3 is 0 Å². The van der Waals surface area contributed by atoms with Crippen molar-refractivity contribution in [2.24, 2.45) is 0 Å². The van der Waals surface area contributed by atoms with Crippen molar-refractivity contribution < 1.29 is 53.5 Å². The van der Waals surface area contributed by atoms with Gasteiger partial charge < -0.3 is 0 Å². The second-order valence-corrected chi connectivity index (χ2v) is 13.8.